The molecule has 0 aromatic heterocycles. The van der Waals surface area contributed by atoms with Crippen molar-refractivity contribution in [2.24, 2.45) is 5.92 Å². The van der Waals surface area contributed by atoms with Gasteiger partial charge in [-0.1, -0.05) is 13.8 Å². The van der Waals surface area contributed by atoms with Crippen LogP contribution in [0.1, 0.15) is 33.6 Å². The molecule has 0 rings (SSSR count). The van der Waals surface area contributed by atoms with E-state index < -0.39 is 0 Å². The quantitative estimate of drug-likeness (QED) is 0.568. The Bertz CT molecular complexity index is 129. The van der Waals surface area contributed by atoms with Crippen molar-refractivity contribution in [3.05, 3.63) is 0 Å². The van der Waals surface area contributed by atoms with Gasteiger partial charge in [-0.05, 0) is 32.2 Å². The van der Waals surface area contributed by atoms with E-state index >= 15 is 0 Å². The third kappa shape index (κ3) is 11.8. The molecule has 3 heteroatoms. The van der Waals surface area contributed by atoms with Crippen molar-refractivity contribution in [3.8, 4) is 0 Å². The lowest BCUT2D eigenvalue weighted by Gasteiger charge is -2.15. The zero-order chi connectivity index (χ0) is 11.5. The fourth-order valence-electron chi connectivity index (χ4n) is 1.56. The van der Waals surface area contributed by atoms with E-state index in [1.165, 1.54) is 6.42 Å². The molecule has 0 fully saturated rings. The van der Waals surface area contributed by atoms with Crippen LogP contribution in [0.4, 0.5) is 0 Å². The van der Waals surface area contributed by atoms with E-state index in [0.29, 0.717) is 19.3 Å². The van der Waals surface area contributed by atoms with Crippen molar-refractivity contribution in [3.63, 3.8) is 0 Å². The molecule has 0 saturated heterocycles. The molecule has 0 heterocycles. The summed E-state index contributed by atoms with van der Waals surface area (Å²) in [6.07, 6.45) is 2.32. The lowest BCUT2D eigenvalue weighted by Crippen LogP contribution is -2.29. The second-order valence-electron chi connectivity index (χ2n) is 4.44. The molecule has 0 amide bonds. The summed E-state index contributed by atoms with van der Waals surface area (Å²) in [7, 11) is 1.69. The van der Waals surface area contributed by atoms with E-state index in [0.717, 1.165) is 25.5 Å². The van der Waals surface area contributed by atoms with Crippen LogP contribution in [-0.2, 0) is 9.47 Å². The lowest BCUT2D eigenvalue weighted by molar-refractivity contribution is 0.0692. The van der Waals surface area contributed by atoms with E-state index in [9.17, 15) is 0 Å². The highest BCUT2D eigenvalue weighted by atomic mass is 16.5. The Hall–Kier alpha value is -0.120. The van der Waals surface area contributed by atoms with Gasteiger partial charge >= 0.3 is 0 Å². The van der Waals surface area contributed by atoms with Crippen LogP contribution in [-0.4, -0.2) is 39.5 Å². The van der Waals surface area contributed by atoms with E-state index in [1.807, 2.05) is 0 Å². The summed E-state index contributed by atoms with van der Waals surface area (Å²) in [5.74, 6) is 0.769. The van der Waals surface area contributed by atoms with Crippen LogP contribution in [0.3, 0.4) is 0 Å². The molecule has 0 aliphatic rings. The van der Waals surface area contributed by atoms with E-state index in [1.54, 1.807) is 7.11 Å². The van der Waals surface area contributed by atoms with Gasteiger partial charge in [-0.25, -0.2) is 0 Å². The fourth-order valence-corrected chi connectivity index (χ4v) is 1.56. The molecule has 1 atom stereocenters. The maximum atomic E-state index is 5.37. The van der Waals surface area contributed by atoms with Crippen LogP contribution in [0.25, 0.3) is 0 Å². The van der Waals surface area contributed by atoms with Crippen LogP contribution in [0.5, 0.6) is 0 Å². The van der Waals surface area contributed by atoms with E-state index in [4.69, 9.17) is 9.47 Å². The highest BCUT2D eigenvalue weighted by Gasteiger charge is 2.02. The minimum absolute atomic E-state index is 0.615. The van der Waals surface area contributed by atoms with Crippen molar-refractivity contribution in [2.75, 3.05) is 33.5 Å². The Kier molecular flexibility index (Phi) is 10.3. The van der Waals surface area contributed by atoms with Crippen molar-refractivity contribution in [2.45, 2.75) is 39.7 Å². The molecule has 0 aromatic carbocycles. The topological polar surface area (TPSA) is 30.5 Å². The second-order valence-corrected chi connectivity index (χ2v) is 4.44. The molecule has 0 bridgehead atoms. The summed E-state index contributed by atoms with van der Waals surface area (Å²) in [6.45, 7) is 10.0. The average molecular weight is 217 g/mol. The lowest BCUT2D eigenvalue weighted by atomic mass is 10.1. The van der Waals surface area contributed by atoms with Crippen molar-refractivity contribution >= 4 is 0 Å². The van der Waals surface area contributed by atoms with Gasteiger partial charge in [0.1, 0.15) is 0 Å². The summed E-state index contributed by atoms with van der Waals surface area (Å²) < 4.78 is 10.3. The van der Waals surface area contributed by atoms with Crippen LogP contribution in [0, 0.1) is 5.92 Å². The standard InChI is InChI=1S/C12H27NO2/c1-11(2)10-12(3)13-6-5-7-15-9-8-14-4/h11-13H,5-10H2,1-4H3. The summed E-state index contributed by atoms with van der Waals surface area (Å²) in [4.78, 5) is 0. The summed E-state index contributed by atoms with van der Waals surface area (Å²) >= 11 is 0. The molecule has 0 spiro atoms. The van der Waals surface area contributed by atoms with Gasteiger partial charge in [-0.2, -0.15) is 0 Å². The zero-order valence-electron chi connectivity index (χ0n) is 10.7. The normalized spacial score (nSPS) is 13.4. The van der Waals surface area contributed by atoms with E-state index in [2.05, 4.69) is 26.1 Å². The number of nitrogens with one attached hydrogen (secondary N) is 1. The number of rotatable bonds is 10. The second kappa shape index (κ2) is 10.4. The molecule has 0 aromatic rings. The van der Waals surface area contributed by atoms with Crippen molar-refractivity contribution in [1.82, 2.24) is 5.32 Å². The Morgan fingerprint density at radius 1 is 1.07 bits per heavy atom. The zero-order valence-corrected chi connectivity index (χ0v) is 10.7. The highest BCUT2D eigenvalue weighted by Crippen LogP contribution is 2.03. The molecule has 0 aliphatic heterocycles. The minimum Gasteiger partial charge on any atom is -0.382 e. The van der Waals surface area contributed by atoms with Gasteiger partial charge in [0.05, 0.1) is 13.2 Å². The minimum atomic E-state index is 0.615. The number of ether oxygens (including phenoxy) is 2. The predicted octanol–water partition coefficient (Wildman–Crippen LogP) is 2.06. The molecule has 1 N–H and O–H groups in total. The fraction of sp³-hybridized carbons (Fsp3) is 1.00. The smallest absolute Gasteiger partial charge is 0.0700 e. The first-order valence-electron chi connectivity index (χ1n) is 5.97. The molecule has 0 saturated carbocycles. The molecular formula is C12H27NO2. The summed E-state index contributed by atoms with van der Waals surface area (Å²) in [6, 6.07) is 0.615. The maximum Gasteiger partial charge on any atom is 0.0700 e. The van der Waals surface area contributed by atoms with Crippen LogP contribution in [0.15, 0.2) is 0 Å². The van der Waals surface area contributed by atoms with Gasteiger partial charge < -0.3 is 14.8 Å². The molecule has 15 heavy (non-hydrogen) atoms. The Morgan fingerprint density at radius 3 is 2.40 bits per heavy atom. The number of hydrogen-bond donors (Lipinski definition) is 1. The van der Waals surface area contributed by atoms with Gasteiger partial charge in [0.15, 0.2) is 0 Å². The average Bonchev–Trinajstić information content (AvgIpc) is 2.15. The Balaban J connectivity index is 3.09. The van der Waals surface area contributed by atoms with Gasteiger partial charge in [-0.3, -0.25) is 0 Å². The summed E-state index contributed by atoms with van der Waals surface area (Å²) in [5, 5.41) is 3.49. The molecule has 0 radical (unpaired) electrons. The number of methoxy groups -OCH3 is 1. The first-order chi connectivity index (χ1) is 7.16. The van der Waals surface area contributed by atoms with Gasteiger partial charge in [0.2, 0.25) is 0 Å². The van der Waals surface area contributed by atoms with Crippen molar-refractivity contribution in [1.29, 1.82) is 0 Å². The third-order valence-electron chi connectivity index (χ3n) is 2.22. The largest absolute Gasteiger partial charge is 0.382 e. The van der Waals surface area contributed by atoms with Gasteiger partial charge in [0.25, 0.3) is 0 Å². The molecule has 3 nitrogen and oxygen atoms in total. The molecular weight excluding hydrogens is 190 g/mol. The van der Waals surface area contributed by atoms with Crippen LogP contribution >= 0.6 is 0 Å². The molecule has 1 unspecified atom stereocenters. The maximum absolute atomic E-state index is 5.37. The molecule has 92 valence electrons. The first-order valence-corrected chi connectivity index (χ1v) is 5.97. The Morgan fingerprint density at radius 2 is 1.80 bits per heavy atom. The number of hydrogen-bond acceptors (Lipinski definition) is 3. The van der Waals surface area contributed by atoms with Gasteiger partial charge in [0, 0.05) is 19.8 Å². The van der Waals surface area contributed by atoms with Crippen molar-refractivity contribution < 1.29 is 9.47 Å². The monoisotopic (exact) mass is 217 g/mol. The van der Waals surface area contributed by atoms with E-state index in [-0.39, 0.29) is 0 Å². The highest BCUT2D eigenvalue weighted by molar-refractivity contribution is 4.62. The third-order valence-corrected chi connectivity index (χ3v) is 2.22. The SMILES string of the molecule is COCCOCCCNC(C)CC(C)C. The Labute approximate surface area is 94.5 Å². The predicted molar refractivity (Wildman–Crippen MR) is 64.2 cm³/mol. The van der Waals surface area contributed by atoms with Crippen LogP contribution in [0.2, 0.25) is 0 Å². The first kappa shape index (κ1) is 14.9. The summed E-state index contributed by atoms with van der Waals surface area (Å²) in [5.41, 5.74) is 0. The molecule has 0 aliphatic carbocycles. The van der Waals surface area contributed by atoms with Crippen LogP contribution < -0.4 is 5.32 Å². The van der Waals surface area contributed by atoms with Gasteiger partial charge in [-0.15, -0.1) is 0 Å².